The molecule has 15 heteroatoms. The van der Waals surface area contributed by atoms with Crippen LogP contribution in [0.25, 0.3) is 11.0 Å². The van der Waals surface area contributed by atoms with E-state index in [4.69, 9.17) is 9.47 Å². The molecule has 61 heavy (non-hydrogen) atoms. The zero-order valence-corrected chi connectivity index (χ0v) is 35.2. The van der Waals surface area contributed by atoms with Crippen molar-refractivity contribution in [3.05, 3.63) is 112 Å². The molecule has 2 saturated carbocycles. The third kappa shape index (κ3) is 8.95. The highest BCUT2D eigenvalue weighted by Crippen LogP contribution is 2.47. The van der Waals surface area contributed by atoms with Gasteiger partial charge in [0.25, 0.3) is 21.6 Å². The Morgan fingerprint density at radius 3 is 2.52 bits per heavy atom. The molecule has 3 N–H and O–H groups in total. The molecule has 0 spiro atoms. The molecule has 2 aromatic heterocycles. The second-order valence-corrected chi connectivity index (χ2v) is 18.7. The van der Waals surface area contributed by atoms with Gasteiger partial charge in [-0.2, -0.15) is 0 Å². The first-order chi connectivity index (χ1) is 29.6. The van der Waals surface area contributed by atoms with Crippen LogP contribution in [0.4, 0.5) is 17.1 Å². The summed E-state index contributed by atoms with van der Waals surface area (Å²) in [5, 5.41) is 16.0. The van der Waals surface area contributed by atoms with Crippen molar-refractivity contribution in [2.75, 3.05) is 43.6 Å². The third-order valence-corrected chi connectivity index (χ3v) is 14.5. The molecule has 1 atom stereocenters. The molecule has 5 aromatic rings. The highest BCUT2D eigenvalue weighted by atomic mass is 32.2. The van der Waals surface area contributed by atoms with Crippen molar-refractivity contribution in [2.24, 2.45) is 5.92 Å². The van der Waals surface area contributed by atoms with Crippen molar-refractivity contribution < 1.29 is 27.6 Å². The number of sulfonamides is 1. The quantitative estimate of drug-likeness (QED) is 0.0721. The Labute approximate surface area is 356 Å². The Morgan fingerprint density at radius 2 is 1.75 bits per heavy atom. The fraction of sp³-hybridized carbons (Fsp3) is 0.435. The maximum Gasteiger partial charge on any atom is 0.293 e. The lowest BCUT2D eigenvalue weighted by molar-refractivity contribution is -0.384. The summed E-state index contributed by atoms with van der Waals surface area (Å²) < 4.78 is 41.3. The number of nitro benzene ring substituents is 1. The number of rotatable bonds is 14. The first-order valence-corrected chi connectivity index (χ1v) is 23.1. The Kier molecular flexibility index (Phi) is 11.7. The van der Waals surface area contributed by atoms with Crippen molar-refractivity contribution in [3.8, 4) is 11.5 Å². The highest BCUT2D eigenvalue weighted by molar-refractivity contribution is 7.90. The van der Waals surface area contributed by atoms with Gasteiger partial charge >= 0.3 is 0 Å². The summed E-state index contributed by atoms with van der Waals surface area (Å²) in [4.78, 5) is 37.5. The summed E-state index contributed by atoms with van der Waals surface area (Å²) in [5.74, 6) is 0.584. The molecule has 320 valence electrons. The zero-order chi connectivity index (χ0) is 42.1. The number of pyridine rings is 1. The van der Waals surface area contributed by atoms with Crippen LogP contribution in [0.1, 0.15) is 97.7 Å². The molecular weight excluding hydrogens is 795 g/mol. The van der Waals surface area contributed by atoms with E-state index in [1.807, 2.05) is 12.1 Å². The second kappa shape index (κ2) is 17.5. The molecule has 3 aromatic carbocycles. The molecule has 4 fully saturated rings. The number of ether oxygens (including phenoxy) is 2. The number of hydrogen-bond donors (Lipinski definition) is 3. The van der Waals surface area contributed by atoms with Gasteiger partial charge in [-0.05, 0) is 130 Å². The first kappa shape index (κ1) is 40.9. The molecule has 2 saturated heterocycles. The molecule has 1 amide bonds. The first-order valence-electron chi connectivity index (χ1n) is 21.6. The largest absolute Gasteiger partial charge is 0.455 e. The van der Waals surface area contributed by atoms with E-state index in [0.717, 1.165) is 68.1 Å². The number of carbonyl (C=O) groups is 1. The number of anilines is 2. The van der Waals surface area contributed by atoms with E-state index in [1.165, 1.54) is 43.4 Å². The number of nitrogens with one attached hydrogen (secondary N) is 3. The molecule has 4 aliphatic rings. The number of carbonyl (C=O) groups excluding carboxylic acids is 1. The minimum atomic E-state index is -4.54. The summed E-state index contributed by atoms with van der Waals surface area (Å²) in [6.45, 7) is 2.89. The third-order valence-electron chi connectivity index (χ3n) is 13.2. The number of hydrogen-bond acceptors (Lipinski definition) is 11. The van der Waals surface area contributed by atoms with Crippen LogP contribution in [0.15, 0.2) is 90.1 Å². The van der Waals surface area contributed by atoms with Crippen molar-refractivity contribution in [1.29, 1.82) is 0 Å². The van der Waals surface area contributed by atoms with Crippen LogP contribution in [-0.2, 0) is 14.8 Å². The number of nitrogens with zero attached hydrogens (tertiary/aromatic N) is 4. The van der Waals surface area contributed by atoms with Crippen molar-refractivity contribution in [2.45, 2.75) is 93.1 Å². The minimum Gasteiger partial charge on any atom is -0.455 e. The van der Waals surface area contributed by atoms with Gasteiger partial charge in [-0.15, -0.1) is 0 Å². The fourth-order valence-electron chi connectivity index (χ4n) is 9.65. The van der Waals surface area contributed by atoms with Crippen LogP contribution in [0.2, 0.25) is 0 Å². The highest BCUT2D eigenvalue weighted by Gasteiger charge is 2.38. The summed E-state index contributed by atoms with van der Waals surface area (Å²) in [5.41, 5.74) is 4.36. The number of fused-ring (bicyclic) bond motifs is 1. The molecular formula is C46H53N7O7S. The maximum absolute atomic E-state index is 13.9. The van der Waals surface area contributed by atoms with E-state index in [9.17, 15) is 23.3 Å². The molecule has 2 aliphatic carbocycles. The summed E-state index contributed by atoms with van der Waals surface area (Å²) in [7, 11) is -2.49. The normalized spacial score (nSPS) is 21.3. The van der Waals surface area contributed by atoms with Gasteiger partial charge in [0.05, 0.1) is 21.6 Å². The van der Waals surface area contributed by atoms with Gasteiger partial charge in [0.1, 0.15) is 22.8 Å². The van der Waals surface area contributed by atoms with Crippen molar-refractivity contribution in [1.82, 2.24) is 19.6 Å². The van der Waals surface area contributed by atoms with Crippen LogP contribution in [0, 0.1) is 16.0 Å². The average molecular weight is 848 g/mol. The Hall–Kier alpha value is -5.51. The molecule has 4 heterocycles. The maximum atomic E-state index is 13.9. The van der Waals surface area contributed by atoms with E-state index in [-0.39, 0.29) is 29.0 Å². The Balaban J connectivity index is 0.921. The van der Waals surface area contributed by atoms with Gasteiger partial charge in [0, 0.05) is 74.3 Å². The number of H-pyrrole nitrogens is 1. The van der Waals surface area contributed by atoms with E-state index >= 15 is 0 Å². The van der Waals surface area contributed by atoms with E-state index in [0.29, 0.717) is 43.2 Å². The summed E-state index contributed by atoms with van der Waals surface area (Å²) in [6.07, 6.45) is 14.2. The SMILES string of the molecule is CN(c1ccc(C(=O)NS(=O)(=O)c2ccc(NCC3CCOCC3)c([N+](=O)[O-])c2)c(Oc2cnc3[nH]ccc3c2)c1)C1CCC(N2CCCC2c2ccccc2C2CC2)CC1. The molecule has 1 unspecified atom stereocenters. The number of aromatic amines is 1. The topological polar surface area (TPSA) is 172 Å². The van der Waals surface area contributed by atoms with E-state index in [1.54, 1.807) is 36.2 Å². The average Bonchev–Trinajstić information content (AvgIpc) is 3.82. The lowest BCUT2D eigenvalue weighted by Gasteiger charge is -2.41. The monoisotopic (exact) mass is 847 g/mol. The Bertz CT molecular complexity index is 2510. The molecule has 14 nitrogen and oxygen atoms in total. The molecule has 0 bridgehead atoms. The standard InChI is InChI=1S/C46H53N7O7S/c1-51(33-10-12-34(13-11-33)52-22-4-7-42(52)39-6-3-2-5-38(39)31-8-9-31)35-14-16-40(44(26-35)60-36-25-32-18-21-47-45(32)49-29-36)46(54)50-61(57,58)37-15-17-41(43(27-37)53(55)56)48-28-30-19-23-59-24-20-30/h2-3,5-6,14-18,21,25-27,29-31,33-34,42,48H,4,7-13,19-20,22-24,28H2,1H3,(H,47,49)(H,50,54). The number of benzene rings is 3. The van der Waals surface area contributed by atoms with Gasteiger partial charge in [-0.1, -0.05) is 24.3 Å². The molecule has 2 aliphatic heterocycles. The van der Waals surface area contributed by atoms with E-state index in [2.05, 4.69) is 61.1 Å². The number of aromatic nitrogens is 2. The van der Waals surface area contributed by atoms with Crippen LogP contribution in [0.3, 0.4) is 0 Å². The lowest BCUT2D eigenvalue weighted by atomic mass is 9.87. The van der Waals surface area contributed by atoms with Gasteiger partial charge in [0.15, 0.2) is 0 Å². The molecule has 9 rings (SSSR count). The van der Waals surface area contributed by atoms with E-state index < -0.39 is 31.4 Å². The van der Waals surface area contributed by atoms with Gasteiger partial charge in [-0.25, -0.2) is 18.1 Å². The van der Waals surface area contributed by atoms with Gasteiger partial charge in [0.2, 0.25) is 0 Å². The van der Waals surface area contributed by atoms with Crippen molar-refractivity contribution >= 4 is 44.0 Å². The predicted octanol–water partition coefficient (Wildman–Crippen LogP) is 8.68. The molecule has 0 radical (unpaired) electrons. The number of likely N-dealkylation sites (tertiary alicyclic amines) is 1. The summed E-state index contributed by atoms with van der Waals surface area (Å²) >= 11 is 0. The summed E-state index contributed by atoms with van der Waals surface area (Å²) in [6, 6.07) is 22.7. The minimum absolute atomic E-state index is 0.0191. The smallest absolute Gasteiger partial charge is 0.293 e. The van der Waals surface area contributed by atoms with Crippen molar-refractivity contribution in [3.63, 3.8) is 0 Å². The van der Waals surface area contributed by atoms with Gasteiger partial charge < -0.3 is 24.7 Å². The second-order valence-electron chi connectivity index (χ2n) is 17.0. The van der Waals surface area contributed by atoms with Crippen LogP contribution in [-0.4, -0.2) is 79.6 Å². The Morgan fingerprint density at radius 1 is 0.967 bits per heavy atom. The lowest BCUT2D eigenvalue weighted by Crippen LogP contribution is -2.43. The van der Waals surface area contributed by atoms with Crippen LogP contribution >= 0.6 is 0 Å². The number of nitro groups is 1. The predicted molar refractivity (Wildman–Crippen MR) is 234 cm³/mol. The number of amides is 1. The van der Waals surface area contributed by atoms with Gasteiger partial charge in [-0.3, -0.25) is 19.8 Å². The fourth-order valence-corrected chi connectivity index (χ4v) is 10.6. The van der Waals surface area contributed by atoms with Crippen LogP contribution < -0.4 is 19.7 Å². The van der Waals surface area contributed by atoms with Crippen LogP contribution in [0.5, 0.6) is 11.5 Å². The zero-order valence-electron chi connectivity index (χ0n) is 34.4.